The molecule has 0 amide bonds. The predicted octanol–water partition coefficient (Wildman–Crippen LogP) is 3.50. The maximum absolute atomic E-state index is 6.39. The third-order valence-electron chi connectivity index (χ3n) is 5.78. The largest absolute Gasteiger partial charge is 0.490 e. The Morgan fingerprint density at radius 1 is 1.08 bits per heavy atom. The van der Waals surface area contributed by atoms with E-state index in [4.69, 9.17) is 4.74 Å². The average Bonchev–Trinajstić information content (AvgIpc) is 3.30. The minimum Gasteiger partial charge on any atom is -0.490 e. The Balaban J connectivity index is 1.30. The molecule has 3 aromatic rings. The van der Waals surface area contributed by atoms with E-state index in [1.807, 2.05) is 0 Å². The maximum atomic E-state index is 6.39. The van der Waals surface area contributed by atoms with Crippen LogP contribution in [-0.2, 0) is 19.9 Å². The van der Waals surface area contributed by atoms with Gasteiger partial charge >= 0.3 is 0 Å². The first-order valence-corrected chi connectivity index (χ1v) is 9.58. The van der Waals surface area contributed by atoms with Gasteiger partial charge in [0, 0.05) is 55.8 Å². The molecule has 0 unspecified atom stereocenters. The van der Waals surface area contributed by atoms with Gasteiger partial charge in [0.05, 0.1) is 5.52 Å². The van der Waals surface area contributed by atoms with E-state index in [9.17, 15) is 0 Å². The second-order valence-electron chi connectivity index (χ2n) is 7.40. The van der Waals surface area contributed by atoms with Crippen LogP contribution in [0.5, 0.6) is 5.75 Å². The number of fused-ring (bicyclic) bond motifs is 2. The van der Waals surface area contributed by atoms with E-state index in [0.29, 0.717) is 0 Å². The molecule has 5 heteroatoms. The number of piperidine rings is 1. The fourth-order valence-electron chi connectivity index (χ4n) is 4.36. The second-order valence-corrected chi connectivity index (χ2v) is 7.40. The van der Waals surface area contributed by atoms with Gasteiger partial charge in [-0.15, -0.1) is 0 Å². The summed E-state index contributed by atoms with van der Waals surface area (Å²) >= 11 is 0. The van der Waals surface area contributed by atoms with Crippen molar-refractivity contribution in [1.29, 1.82) is 0 Å². The number of anilines is 1. The molecule has 26 heavy (non-hydrogen) atoms. The number of nitrogens with zero attached hydrogens (tertiary/aromatic N) is 4. The minimum atomic E-state index is 0.270. The van der Waals surface area contributed by atoms with Crippen LogP contribution >= 0.6 is 0 Å². The Hall–Kier alpha value is -2.56. The summed E-state index contributed by atoms with van der Waals surface area (Å²) in [4.78, 5) is 11.5. The molecule has 0 atom stereocenters. The predicted molar refractivity (Wildman–Crippen MR) is 103 cm³/mol. The van der Waals surface area contributed by atoms with Crippen molar-refractivity contribution in [2.45, 2.75) is 38.2 Å². The molecule has 1 aliphatic heterocycles. The van der Waals surface area contributed by atoms with Crippen LogP contribution in [0.15, 0.2) is 36.8 Å². The Morgan fingerprint density at radius 2 is 1.96 bits per heavy atom. The van der Waals surface area contributed by atoms with Crippen LogP contribution in [0.4, 0.5) is 5.82 Å². The highest BCUT2D eigenvalue weighted by molar-refractivity contribution is 5.86. The summed E-state index contributed by atoms with van der Waals surface area (Å²) in [5, 5.41) is 1.20. The first-order valence-electron chi connectivity index (χ1n) is 9.58. The third-order valence-corrected chi connectivity index (χ3v) is 5.78. The van der Waals surface area contributed by atoms with E-state index in [2.05, 4.69) is 56.9 Å². The topological polar surface area (TPSA) is 43.2 Å². The third kappa shape index (κ3) is 2.62. The molecular formula is C21H24N4O. The lowest BCUT2D eigenvalue weighted by molar-refractivity contribution is 0.173. The van der Waals surface area contributed by atoms with Crippen molar-refractivity contribution < 1.29 is 4.74 Å². The lowest BCUT2D eigenvalue weighted by Crippen LogP contribution is -2.39. The van der Waals surface area contributed by atoms with Crippen LogP contribution in [0.2, 0.25) is 0 Å². The molecule has 2 aromatic heterocycles. The molecule has 0 spiro atoms. The van der Waals surface area contributed by atoms with Gasteiger partial charge in [-0.3, -0.25) is 0 Å². The van der Waals surface area contributed by atoms with E-state index < -0.39 is 0 Å². The van der Waals surface area contributed by atoms with E-state index >= 15 is 0 Å². The summed E-state index contributed by atoms with van der Waals surface area (Å²) in [5.41, 5.74) is 3.85. The number of ether oxygens (including phenoxy) is 1. The quantitative estimate of drug-likeness (QED) is 0.726. The molecular weight excluding hydrogens is 324 g/mol. The van der Waals surface area contributed by atoms with Gasteiger partial charge in [-0.05, 0) is 37.5 Å². The van der Waals surface area contributed by atoms with E-state index in [1.165, 1.54) is 28.6 Å². The molecule has 2 aliphatic rings. The van der Waals surface area contributed by atoms with Crippen LogP contribution < -0.4 is 9.64 Å². The highest BCUT2D eigenvalue weighted by Crippen LogP contribution is 2.32. The van der Waals surface area contributed by atoms with Crippen LogP contribution in [0.25, 0.3) is 10.9 Å². The zero-order valence-electron chi connectivity index (χ0n) is 15.2. The molecule has 1 aliphatic carbocycles. The minimum absolute atomic E-state index is 0.270. The number of aromatic nitrogens is 3. The van der Waals surface area contributed by atoms with Crippen molar-refractivity contribution in [3.8, 4) is 5.75 Å². The Labute approximate surface area is 153 Å². The summed E-state index contributed by atoms with van der Waals surface area (Å²) in [7, 11) is 2.07. The first kappa shape index (κ1) is 15.7. The molecule has 1 aromatic carbocycles. The molecule has 5 rings (SSSR count). The maximum Gasteiger partial charge on any atom is 0.135 e. The van der Waals surface area contributed by atoms with Gasteiger partial charge in [0.15, 0.2) is 0 Å². The zero-order valence-corrected chi connectivity index (χ0v) is 15.2. The summed E-state index contributed by atoms with van der Waals surface area (Å²) in [6.45, 7) is 2.00. The van der Waals surface area contributed by atoms with Gasteiger partial charge in [-0.25, -0.2) is 9.97 Å². The van der Waals surface area contributed by atoms with Gasteiger partial charge in [-0.1, -0.05) is 6.07 Å². The summed E-state index contributed by atoms with van der Waals surface area (Å²) < 4.78 is 8.53. The lowest BCUT2D eigenvalue weighted by Gasteiger charge is -2.34. The fraction of sp³-hybridized carbons (Fsp3) is 0.429. The van der Waals surface area contributed by atoms with Crippen LogP contribution in [0.3, 0.4) is 0 Å². The lowest BCUT2D eigenvalue weighted by atomic mass is 10.1. The summed E-state index contributed by atoms with van der Waals surface area (Å²) in [5.74, 6) is 2.17. The smallest absolute Gasteiger partial charge is 0.135 e. The fourth-order valence-corrected chi connectivity index (χ4v) is 4.36. The van der Waals surface area contributed by atoms with Crippen molar-refractivity contribution >= 4 is 16.7 Å². The average molecular weight is 348 g/mol. The first-order chi connectivity index (χ1) is 12.8. The van der Waals surface area contributed by atoms with E-state index in [0.717, 1.165) is 50.3 Å². The number of aryl methyl sites for hydroxylation is 2. The Kier molecular flexibility index (Phi) is 3.80. The van der Waals surface area contributed by atoms with Gasteiger partial charge < -0.3 is 14.2 Å². The van der Waals surface area contributed by atoms with Crippen LogP contribution in [0.1, 0.15) is 30.5 Å². The number of benzene rings is 1. The van der Waals surface area contributed by atoms with Crippen molar-refractivity contribution in [2.75, 3.05) is 18.0 Å². The van der Waals surface area contributed by atoms with E-state index in [-0.39, 0.29) is 6.10 Å². The molecule has 1 fully saturated rings. The van der Waals surface area contributed by atoms with Gasteiger partial charge in [0.1, 0.15) is 24.0 Å². The normalized spacial score (nSPS) is 17.7. The number of hydrogen-bond donors (Lipinski definition) is 0. The van der Waals surface area contributed by atoms with Crippen molar-refractivity contribution in [3.05, 3.63) is 48.0 Å². The number of hydrogen-bond acceptors (Lipinski definition) is 4. The molecule has 0 bridgehead atoms. The highest BCUT2D eigenvalue weighted by Gasteiger charge is 2.26. The Bertz CT molecular complexity index is 940. The monoisotopic (exact) mass is 348 g/mol. The standard InChI is InChI=1S/C21H24N4O/c1-24-11-10-17-19(24)6-3-7-20(17)26-15-8-12-25(13-9-15)21-16-4-2-5-18(16)22-14-23-21/h3,6-7,10-11,14-15H,2,4-5,8-9,12-13H2,1H3. The molecule has 3 heterocycles. The molecule has 0 radical (unpaired) electrons. The summed E-state index contributed by atoms with van der Waals surface area (Å²) in [6.07, 6.45) is 9.59. The molecule has 5 nitrogen and oxygen atoms in total. The van der Waals surface area contributed by atoms with Crippen molar-refractivity contribution in [3.63, 3.8) is 0 Å². The van der Waals surface area contributed by atoms with Crippen molar-refractivity contribution in [2.24, 2.45) is 7.05 Å². The molecule has 0 saturated carbocycles. The molecule has 134 valence electrons. The molecule has 1 saturated heterocycles. The van der Waals surface area contributed by atoms with Crippen molar-refractivity contribution in [1.82, 2.24) is 14.5 Å². The van der Waals surface area contributed by atoms with Crippen LogP contribution in [-0.4, -0.2) is 33.7 Å². The van der Waals surface area contributed by atoms with Gasteiger partial charge in [0.2, 0.25) is 0 Å². The van der Waals surface area contributed by atoms with Crippen LogP contribution in [0, 0.1) is 0 Å². The number of rotatable bonds is 3. The summed E-state index contributed by atoms with van der Waals surface area (Å²) in [6, 6.07) is 8.45. The van der Waals surface area contributed by atoms with Gasteiger partial charge in [-0.2, -0.15) is 0 Å². The van der Waals surface area contributed by atoms with E-state index in [1.54, 1.807) is 6.33 Å². The second kappa shape index (κ2) is 6.31. The SMILES string of the molecule is Cn1ccc2c(OC3CCN(c4ncnc5c4CCC5)CC3)cccc21. The highest BCUT2D eigenvalue weighted by atomic mass is 16.5. The Morgan fingerprint density at radius 3 is 2.85 bits per heavy atom. The molecule has 0 N–H and O–H groups in total. The zero-order chi connectivity index (χ0) is 17.5. The van der Waals surface area contributed by atoms with Gasteiger partial charge in [0.25, 0.3) is 0 Å².